The van der Waals surface area contributed by atoms with E-state index in [9.17, 15) is 26.4 Å². The van der Waals surface area contributed by atoms with Crippen molar-refractivity contribution in [1.29, 1.82) is 0 Å². The molecule has 1 aromatic rings. The lowest BCUT2D eigenvalue weighted by molar-refractivity contribution is -0.136. The molecule has 1 heterocycles. The molecule has 1 aromatic carbocycles. The third kappa shape index (κ3) is 5.43. The molecule has 10 heteroatoms. The molecular weight excluding hydrogens is 385 g/mol. The maximum absolute atomic E-state index is 12.9. The molecule has 152 valence electrons. The van der Waals surface area contributed by atoms with Crippen LogP contribution in [0.3, 0.4) is 0 Å². The summed E-state index contributed by atoms with van der Waals surface area (Å²) in [6.07, 6.45) is -5.48. The topological polar surface area (TPSA) is 66.9 Å². The third-order valence-corrected chi connectivity index (χ3v) is 6.40. The number of aryl methyl sites for hydroxylation is 1. The number of benzene rings is 1. The molecule has 1 aliphatic rings. The number of amides is 1. The van der Waals surface area contributed by atoms with Gasteiger partial charge in [0.1, 0.15) is 0 Å². The van der Waals surface area contributed by atoms with Crippen molar-refractivity contribution in [2.24, 2.45) is 0 Å². The second-order valence-electron chi connectivity index (χ2n) is 6.25. The van der Waals surface area contributed by atoms with Crippen LogP contribution in [0.2, 0.25) is 0 Å². The highest BCUT2D eigenvalue weighted by Gasteiger charge is 2.31. The van der Waals surface area contributed by atoms with Gasteiger partial charge >= 0.3 is 6.18 Å². The van der Waals surface area contributed by atoms with Gasteiger partial charge in [0.05, 0.1) is 24.5 Å². The predicted octanol–water partition coefficient (Wildman–Crippen LogP) is 2.43. The van der Waals surface area contributed by atoms with Crippen LogP contribution in [0.1, 0.15) is 29.3 Å². The number of hydrogen-bond acceptors (Lipinski definition) is 4. The molecule has 0 saturated carbocycles. The second kappa shape index (κ2) is 8.57. The minimum atomic E-state index is -4.37. The number of carbonyl (C=O) groups excluding carboxylic acids is 1. The van der Waals surface area contributed by atoms with Crippen molar-refractivity contribution in [3.05, 3.63) is 29.3 Å². The van der Waals surface area contributed by atoms with Gasteiger partial charge in [-0.25, -0.2) is 8.42 Å². The summed E-state index contributed by atoms with van der Waals surface area (Å²) >= 11 is 0. The van der Waals surface area contributed by atoms with Crippen LogP contribution in [0.15, 0.2) is 23.1 Å². The van der Waals surface area contributed by atoms with E-state index in [4.69, 9.17) is 4.74 Å². The van der Waals surface area contributed by atoms with E-state index in [1.165, 1.54) is 22.5 Å². The average molecular weight is 408 g/mol. The van der Waals surface area contributed by atoms with Gasteiger partial charge in [0.2, 0.25) is 10.0 Å². The van der Waals surface area contributed by atoms with Gasteiger partial charge in [-0.3, -0.25) is 4.79 Å². The normalized spacial score (nSPS) is 16.3. The summed E-state index contributed by atoms with van der Waals surface area (Å²) in [5.74, 6) is -0.625. The molecule has 0 aromatic heterocycles. The number of ether oxygens (including phenoxy) is 1. The number of carbonyl (C=O) groups is 1. The Morgan fingerprint density at radius 1 is 1.26 bits per heavy atom. The smallest absolute Gasteiger partial charge is 0.379 e. The van der Waals surface area contributed by atoms with Crippen LogP contribution >= 0.6 is 0 Å². The van der Waals surface area contributed by atoms with Gasteiger partial charge < -0.3 is 9.64 Å². The number of rotatable bonds is 6. The molecular formula is C17H23F3N2O4S. The summed E-state index contributed by atoms with van der Waals surface area (Å²) < 4.78 is 69.6. The molecule has 1 aliphatic heterocycles. The number of hydrogen-bond donors (Lipinski definition) is 0. The SMILES string of the molecule is CCN(CCC(F)(F)F)C(=O)c1ccc(C)c(S(=O)(=O)N2CCOCC2)c1. The first-order valence-electron chi connectivity index (χ1n) is 8.61. The molecule has 2 rings (SSSR count). The Balaban J connectivity index is 2.28. The third-order valence-electron chi connectivity index (χ3n) is 4.36. The van der Waals surface area contributed by atoms with Gasteiger partial charge in [0.15, 0.2) is 0 Å². The summed E-state index contributed by atoms with van der Waals surface area (Å²) in [4.78, 5) is 13.6. The highest BCUT2D eigenvalue weighted by Crippen LogP contribution is 2.24. The molecule has 0 aliphatic carbocycles. The molecule has 0 spiro atoms. The fourth-order valence-corrected chi connectivity index (χ4v) is 4.44. The Hall–Kier alpha value is -1.65. The lowest BCUT2D eigenvalue weighted by Gasteiger charge is -2.27. The van der Waals surface area contributed by atoms with Crippen LogP contribution < -0.4 is 0 Å². The Kier molecular flexibility index (Phi) is 6.87. The Morgan fingerprint density at radius 2 is 1.89 bits per heavy atom. The van der Waals surface area contributed by atoms with Gasteiger partial charge in [-0.05, 0) is 31.5 Å². The summed E-state index contributed by atoms with van der Waals surface area (Å²) in [6, 6.07) is 4.18. The number of alkyl halides is 3. The molecule has 1 fully saturated rings. The van der Waals surface area contributed by atoms with Gasteiger partial charge in [0, 0.05) is 31.7 Å². The van der Waals surface area contributed by atoms with Gasteiger partial charge in [0.25, 0.3) is 5.91 Å². The molecule has 0 unspecified atom stereocenters. The quantitative estimate of drug-likeness (QED) is 0.725. The first-order chi connectivity index (χ1) is 12.6. The Bertz CT molecular complexity index is 775. The fraction of sp³-hybridized carbons (Fsp3) is 0.588. The molecule has 0 atom stereocenters. The first kappa shape index (κ1) is 21.6. The van der Waals surface area contributed by atoms with Crippen LogP contribution in [0.5, 0.6) is 0 Å². The van der Waals surface area contributed by atoms with Crippen molar-refractivity contribution in [2.75, 3.05) is 39.4 Å². The number of nitrogens with zero attached hydrogens (tertiary/aromatic N) is 2. The van der Waals surface area contributed by atoms with Gasteiger partial charge in [-0.2, -0.15) is 17.5 Å². The summed E-state index contributed by atoms with van der Waals surface area (Å²) in [7, 11) is -3.81. The minimum absolute atomic E-state index is 0.0119. The zero-order valence-electron chi connectivity index (χ0n) is 15.3. The van der Waals surface area contributed by atoms with Crippen molar-refractivity contribution in [3.8, 4) is 0 Å². The molecule has 0 radical (unpaired) electrons. The summed E-state index contributed by atoms with van der Waals surface area (Å²) in [5.41, 5.74) is 0.521. The van der Waals surface area contributed by atoms with E-state index < -0.39 is 35.1 Å². The first-order valence-corrected chi connectivity index (χ1v) is 10.0. The van der Waals surface area contributed by atoms with E-state index >= 15 is 0 Å². The van der Waals surface area contributed by atoms with Crippen LogP contribution in [0.4, 0.5) is 13.2 Å². The van der Waals surface area contributed by atoms with E-state index in [2.05, 4.69) is 0 Å². The van der Waals surface area contributed by atoms with Crippen LogP contribution in [0, 0.1) is 6.92 Å². The maximum atomic E-state index is 12.9. The number of halogens is 3. The van der Waals surface area contributed by atoms with E-state index in [1.807, 2.05) is 0 Å². The van der Waals surface area contributed by atoms with Crippen molar-refractivity contribution in [3.63, 3.8) is 0 Å². The van der Waals surface area contributed by atoms with Gasteiger partial charge in [-0.15, -0.1) is 0 Å². The number of sulfonamides is 1. The molecule has 6 nitrogen and oxygen atoms in total. The minimum Gasteiger partial charge on any atom is -0.379 e. The van der Waals surface area contributed by atoms with E-state index in [0.29, 0.717) is 5.56 Å². The zero-order valence-corrected chi connectivity index (χ0v) is 16.1. The lowest BCUT2D eigenvalue weighted by Crippen LogP contribution is -2.41. The standard InChI is InChI=1S/C17H23F3N2O4S/c1-3-21(7-6-17(18,19)20)16(23)14-5-4-13(2)15(12-14)27(24,25)22-8-10-26-11-9-22/h4-5,12H,3,6-11H2,1-2H3. The summed E-state index contributed by atoms with van der Waals surface area (Å²) in [5, 5.41) is 0. The average Bonchev–Trinajstić information content (AvgIpc) is 2.62. The molecule has 1 saturated heterocycles. The Morgan fingerprint density at radius 3 is 2.44 bits per heavy atom. The number of morpholine rings is 1. The van der Waals surface area contributed by atoms with Crippen molar-refractivity contribution >= 4 is 15.9 Å². The predicted molar refractivity (Wildman–Crippen MR) is 93.0 cm³/mol. The van der Waals surface area contributed by atoms with Crippen LogP contribution in [-0.4, -0.2) is 69.1 Å². The Labute approximate surface area is 156 Å². The van der Waals surface area contributed by atoms with Crippen molar-refractivity contribution in [1.82, 2.24) is 9.21 Å². The second-order valence-corrected chi connectivity index (χ2v) is 8.15. The highest BCUT2D eigenvalue weighted by molar-refractivity contribution is 7.89. The molecule has 0 bridgehead atoms. The van der Waals surface area contributed by atoms with E-state index in [1.54, 1.807) is 13.8 Å². The highest BCUT2D eigenvalue weighted by atomic mass is 32.2. The maximum Gasteiger partial charge on any atom is 0.390 e. The molecule has 0 N–H and O–H groups in total. The summed E-state index contributed by atoms with van der Waals surface area (Å²) in [6.45, 7) is 3.82. The van der Waals surface area contributed by atoms with Crippen LogP contribution in [-0.2, 0) is 14.8 Å². The van der Waals surface area contributed by atoms with Crippen molar-refractivity contribution in [2.45, 2.75) is 31.3 Å². The largest absolute Gasteiger partial charge is 0.390 e. The monoisotopic (exact) mass is 408 g/mol. The lowest BCUT2D eigenvalue weighted by atomic mass is 10.1. The molecule has 1 amide bonds. The van der Waals surface area contributed by atoms with Crippen LogP contribution in [0.25, 0.3) is 0 Å². The fourth-order valence-electron chi connectivity index (χ4n) is 2.78. The van der Waals surface area contributed by atoms with Gasteiger partial charge in [-0.1, -0.05) is 6.07 Å². The zero-order chi connectivity index (χ0) is 20.2. The van der Waals surface area contributed by atoms with E-state index in [-0.39, 0.29) is 43.3 Å². The molecule has 27 heavy (non-hydrogen) atoms. The van der Waals surface area contributed by atoms with E-state index in [0.717, 1.165) is 4.90 Å². The van der Waals surface area contributed by atoms with Crippen molar-refractivity contribution < 1.29 is 31.1 Å².